The Bertz CT molecular complexity index is 1350. The van der Waals surface area contributed by atoms with Gasteiger partial charge in [-0.05, 0) is 26.0 Å². The number of anilines is 1. The number of hydrogen-bond acceptors (Lipinski definition) is 7. The molecule has 0 amide bonds. The normalized spacial score (nSPS) is 16.5. The van der Waals surface area contributed by atoms with E-state index in [0.29, 0.717) is 37.0 Å². The van der Waals surface area contributed by atoms with Crippen LogP contribution >= 0.6 is 0 Å². The highest BCUT2D eigenvalue weighted by atomic mass is 19.2. The molecule has 4 heterocycles. The summed E-state index contributed by atoms with van der Waals surface area (Å²) >= 11 is 0. The average Bonchev–Trinajstić information content (AvgIpc) is 3.24. The van der Waals surface area contributed by atoms with Gasteiger partial charge in [-0.25, -0.2) is 28.1 Å². The highest BCUT2D eigenvalue weighted by Crippen LogP contribution is 2.31. The minimum atomic E-state index is -1.54. The van der Waals surface area contributed by atoms with E-state index in [2.05, 4.69) is 25.0 Å². The van der Waals surface area contributed by atoms with Crippen LogP contribution in [0.3, 0.4) is 0 Å². The van der Waals surface area contributed by atoms with E-state index in [4.69, 9.17) is 4.74 Å². The van der Waals surface area contributed by atoms with Crippen molar-refractivity contribution in [2.75, 3.05) is 24.6 Å². The summed E-state index contributed by atoms with van der Waals surface area (Å²) in [5, 5.41) is 4.19. The Morgan fingerprint density at radius 3 is 2.42 bits per heavy atom. The van der Waals surface area contributed by atoms with Crippen molar-refractivity contribution in [1.29, 1.82) is 0 Å². The summed E-state index contributed by atoms with van der Waals surface area (Å²) in [6.45, 7) is 4.95. The molecule has 1 saturated heterocycles. The van der Waals surface area contributed by atoms with Gasteiger partial charge in [0.25, 0.3) is 0 Å². The first-order valence-corrected chi connectivity index (χ1v) is 10.3. The van der Waals surface area contributed by atoms with Gasteiger partial charge in [-0.2, -0.15) is 10.1 Å². The third kappa shape index (κ3) is 3.88. The molecule has 170 valence electrons. The number of benzene rings is 1. The van der Waals surface area contributed by atoms with Gasteiger partial charge in [0, 0.05) is 30.9 Å². The van der Waals surface area contributed by atoms with Gasteiger partial charge in [-0.3, -0.25) is 4.68 Å². The summed E-state index contributed by atoms with van der Waals surface area (Å²) in [6.07, 6.45) is 3.37. The molecule has 0 spiro atoms. The molecule has 3 aromatic heterocycles. The van der Waals surface area contributed by atoms with Crippen LogP contribution in [-0.4, -0.2) is 49.4 Å². The van der Waals surface area contributed by atoms with Crippen molar-refractivity contribution >= 4 is 17.1 Å². The second-order valence-electron chi connectivity index (χ2n) is 7.95. The molecule has 1 fully saturated rings. The molecule has 1 atom stereocenters. The predicted octanol–water partition coefficient (Wildman–Crippen LogP) is 3.43. The van der Waals surface area contributed by atoms with E-state index < -0.39 is 17.5 Å². The molecule has 0 unspecified atom stereocenters. The van der Waals surface area contributed by atoms with Crippen LogP contribution in [0.15, 0.2) is 24.5 Å². The SMILES string of the molecule is Cc1nc2nc(N3CCO[C@@H](c4cnn(C)c4)C3)nc(-c3cc(F)c(F)c(F)c3)c2nc1C. The molecule has 1 aliphatic rings. The summed E-state index contributed by atoms with van der Waals surface area (Å²) in [6, 6.07) is 1.80. The number of nitrogens with zero attached hydrogens (tertiary/aromatic N) is 7. The smallest absolute Gasteiger partial charge is 0.228 e. The van der Waals surface area contributed by atoms with Crippen molar-refractivity contribution in [1.82, 2.24) is 29.7 Å². The Morgan fingerprint density at radius 1 is 1.00 bits per heavy atom. The molecule has 33 heavy (non-hydrogen) atoms. The van der Waals surface area contributed by atoms with Gasteiger partial charge < -0.3 is 9.64 Å². The number of aryl methyl sites for hydroxylation is 3. The van der Waals surface area contributed by atoms with Crippen LogP contribution in [0, 0.1) is 31.3 Å². The standard InChI is InChI=1S/C22H20F3N7O/c1-11-12(2)28-21-20(27-11)19(13-6-15(23)18(25)16(24)7-13)29-22(30-21)32-4-5-33-17(10-32)14-8-26-31(3)9-14/h6-9,17H,4-5,10H2,1-3H3/t17-/m1/s1. The van der Waals surface area contributed by atoms with Crippen LogP contribution < -0.4 is 4.90 Å². The van der Waals surface area contributed by atoms with Gasteiger partial charge in [0.15, 0.2) is 23.1 Å². The first-order valence-electron chi connectivity index (χ1n) is 10.3. The van der Waals surface area contributed by atoms with E-state index in [1.54, 1.807) is 24.7 Å². The lowest BCUT2D eigenvalue weighted by Gasteiger charge is -2.32. The van der Waals surface area contributed by atoms with Crippen LogP contribution in [0.4, 0.5) is 19.1 Å². The van der Waals surface area contributed by atoms with Crippen molar-refractivity contribution in [2.45, 2.75) is 20.0 Å². The van der Waals surface area contributed by atoms with Crippen molar-refractivity contribution < 1.29 is 17.9 Å². The van der Waals surface area contributed by atoms with Gasteiger partial charge in [0.2, 0.25) is 5.95 Å². The number of fused-ring (bicyclic) bond motifs is 1. The van der Waals surface area contributed by atoms with E-state index in [1.165, 1.54) is 0 Å². The van der Waals surface area contributed by atoms with Crippen LogP contribution in [0.5, 0.6) is 0 Å². The zero-order valence-electron chi connectivity index (χ0n) is 18.2. The predicted molar refractivity (Wildman–Crippen MR) is 114 cm³/mol. The molecular formula is C22H20F3N7O. The van der Waals surface area contributed by atoms with Crippen molar-refractivity contribution in [3.05, 3.63) is 58.9 Å². The van der Waals surface area contributed by atoms with Crippen molar-refractivity contribution in [3.63, 3.8) is 0 Å². The Morgan fingerprint density at radius 2 is 1.73 bits per heavy atom. The lowest BCUT2D eigenvalue weighted by Crippen LogP contribution is -2.39. The minimum Gasteiger partial charge on any atom is -0.370 e. The largest absolute Gasteiger partial charge is 0.370 e. The third-order valence-electron chi connectivity index (χ3n) is 5.63. The van der Waals surface area contributed by atoms with E-state index in [9.17, 15) is 13.2 Å². The zero-order valence-corrected chi connectivity index (χ0v) is 18.2. The molecule has 0 radical (unpaired) electrons. The second-order valence-corrected chi connectivity index (χ2v) is 7.95. The molecule has 8 nitrogen and oxygen atoms in total. The first kappa shape index (κ1) is 21.3. The van der Waals surface area contributed by atoms with Gasteiger partial charge in [-0.1, -0.05) is 0 Å². The zero-order chi connectivity index (χ0) is 23.3. The lowest BCUT2D eigenvalue weighted by atomic mass is 10.1. The van der Waals surface area contributed by atoms with Crippen LogP contribution in [0.25, 0.3) is 22.4 Å². The van der Waals surface area contributed by atoms with Gasteiger partial charge >= 0.3 is 0 Å². The Kier molecular flexibility index (Phi) is 5.20. The molecule has 1 aliphatic heterocycles. The number of halogens is 3. The molecule has 0 aliphatic carbocycles. The average molecular weight is 455 g/mol. The molecule has 0 N–H and O–H groups in total. The maximum atomic E-state index is 14.0. The van der Waals surface area contributed by atoms with Crippen LogP contribution in [-0.2, 0) is 11.8 Å². The number of morpholine rings is 1. The van der Waals surface area contributed by atoms with Gasteiger partial charge in [-0.15, -0.1) is 0 Å². The molecule has 0 saturated carbocycles. The third-order valence-corrected chi connectivity index (χ3v) is 5.63. The number of ether oxygens (including phenoxy) is 1. The molecule has 4 aromatic rings. The van der Waals surface area contributed by atoms with E-state index in [1.807, 2.05) is 18.1 Å². The molecule has 1 aromatic carbocycles. The fourth-order valence-electron chi connectivity index (χ4n) is 3.77. The summed E-state index contributed by atoms with van der Waals surface area (Å²) in [5.74, 6) is -3.84. The number of hydrogen-bond donors (Lipinski definition) is 0. The number of aromatic nitrogens is 6. The highest BCUT2D eigenvalue weighted by molar-refractivity contribution is 5.88. The topological polar surface area (TPSA) is 81.9 Å². The molecule has 11 heteroatoms. The summed E-state index contributed by atoms with van der Waals surface area (Å²) in [7, 11) is 1.83. The number of rotatable bonds is 3. The van der Waals surface area contributed by atoms with Gasteiger partial charge in [0.1, 0.15) is 17.3 Å². The monoisotopic (exact) mass is 455 g/mol. The maximum absolute atomic E-state index is 14.0. The molecule has 0 bridgehead atoms. The second kappa shape index (κ2) is 8.07. The van der Waals surface area contributed by atoms with Crippen LogP contribution in [0.2, 0.25) is 0 Å². The van der Waals surface area contributed by atoms with E-state index in [0.717, 1.165) is 17.7 Å². The van der Waals surface area contributed by atoms with E-state index in [-0.39, 0.29) is 28.5 Å². The summed E-state index contributed by atoms with van der Waals surface area (Å²) in [5.41, 5.74) is 3.01. The Balaban J connectivity index is 1.63. The molecule has 5 rings (SSSR count). The van der Waals surface area contributed by atoms with Gasteiger partial charge in [0.05, 0.1) is 30.7 Å². The molecular weight excluding hydrogens is 435 g/mol. The first-order chi connectivity index (χ1) is 15.8. The summed E-state index contributed by atoms with van der Waals surface area (Å²) in [4.78, 5) is 20.1. The fourth-order valence-corrected chi connectivity index (χ4v) is 3.77. The lowest BCUT2D eigenvalue weighted by molar-refractivity contribution is 0.0392. The Labute approximate surface area is 187 Å². The van der Waals surface area contributed by atoms with Crippen molar-refractivity contribution in [3.8, 4) is 11.3 Å². The van der Waals surface area contributed by atoms with Crippen LogP contribution in [0.1, 0.15) is 23.1 Å². The van der Waals surface area contributed by atoms with E-state index >= 15 is 0 Å². The van der Waals surface area contributed by atoms with Crippen molar-refractivity contribution in [2.24, 2.45) is 7.05 Å². The quantitative estimate of drug-likeness (QED) is 0.438. The minimum absolute atomic E-state index is 0.0506. The maximum Gasteiger partial charge on any atom is 0.228 e. The Hall–Kier alpha value is -3.60. The summed E-state index contributed by atoms with van der Waals surface area (Å²) < 4.78 is 49.3. The highest BCUT2D eigenvalue weighted by Gasteiger charge is 2.27. The fraction of sp³-hybridized carbons (Fsp3) is 0.318.